The summed E-state index contributed by atoms with van der Waals surface area (Å²) in [6, 6.07) is 6.72. The Bertz CT molecular complexity index is 540. The molecule has 2 fully saturated rings. The number of methoxy groups -OCH3 is 1. The molecule has 1 aromatic rings. The summed E-state index contributed by atoms with van der Waals surface area (Å²) in [7, 11) is 1.65. The Labute approximate surface area is 157 Å². The maximum absolute atomic E-state index is 10.4. The Balaban J connectivity index is 1.48. The first-order valence-corrected chi connectivity index (χ1v) is 10.2. The third kappa shape index (κ3) is 6.45. The van der Waals surface area contributed by atoms with Crippen LogP contribution in [0, 0.1) is 0 Å². The first kappa shape index (κ1) is 19.5. The number of likely N-dealkylation sites (tertiary alicyclic amines) is 1. The molecule has 0 spiro atoms. The smallest absolute Gasteiger partial charge is 0.161 e. The zero-order valence-corrected chi connectivity index (χ0v) is 16.1. The fourth-order valence-corrected chi connectivity index (χ4v) is 3.53. The maximum Gasteiger partial charge on any atom is 0.161 e. The molecular formula is C21H34N2O3. The van der Waals surface area contributed by atoms with Crippen LogP contribution in [-0.2, 0) is 6.54 Å². The molecule has 1 saturated carbocycles. The van der Waals surface area contributed by atoms with E-state index in [9.17, 15) is 5.11 Å². The van der Waals surface area contributed by atoms with Crippen molar-refractivity contribution < 1.29 is 14.6 Å². The molecule has 0 aromatic heterocycles. The molecule has 0 unspecified atom stereocenters. The molecule has 1 aliphatic carbocycles. The minimum absolute atomic E-state index is 0.298. The number of nitrogens with one attached hydrogen (secondary N) is 1. The number of hydrogen-bond acceptors (Lipinski definition) is 5. The van der Waals surface area contributed by atoms with E-state index in [1.807, 2.05) is 12.1 Å². The van der Waals surface area contributed by atoms with E-state index in [0.717, 1.165) is 25.4 Å². The standard InChI is InChI=1S/C21H34N2O3/c1-25-20-10-7-17(14-22-18-8-9-18)13-21(20)26-16-19(24)15-23-11-5-3-2-4-6-12-23/h7,10,13,18-19,22,24H,2-6,8-9,11-12,14-16H2,1H3/t19-/m0/s1. The molecule has 0 amide bonds. The highest BCUT2D eigenvalue weighted by molar-refractivity contribution is 5.43. The maximum atomic E-state index is 10.4. The summed E-state index contributed by atoms with van der Waals surface area (Å²) in [4.78, 5) is 2.38. The molecule has 5 heteroatoms. The van der Waals surface area contributed by atoms with E-state index in [1.165, 1.54) is 50.5 Å². The van der Waals surface area contributed by atoms with Gasteiger partial charge in [0.1, 0.15) is 12.7 Å². The van der Waals surface area contributed by atoms with E-state index in [0.29, 0.717) is 24.9 Å². The first-order valence-electron chi connectivity index (χ1n) is 10.2. The Hall–Kier alpha value is -1.30. The Morgan fingerprint density at radius 1 is 1.12 bits per heavy atom. The van der Waals surface area contributed by atoms with Crippen molar-refractivity contribution in [3.8, 4) is 11.5 Å². The van der Waals surface area contributed by atoms with Gasteiger partial charge in [-0.15, -0.1) is 0 Å². The van der Waals surface area contributed by atoms with Crippen LogP contribution in [0.1, 0.15) is 50.5 Å². The predicted octanol–water partition coefficient (Wildman–Crippen LogP) is 2.95. The molecule has 2 N–H and O–H groups in total. The summed E-state index contributed by atoms with van der Waals surface area (Å²) in [5.41, 5.74) is 1.19. The molecule has 146 valence electrons. The Morgan fingerprint density at radius 3 is 2.54 bits per heavy atom. The number of nitrogens with zero attached hydrogens (tertiary/aromatic N) is 1. The highest BCUT2D eigenvalue weighted by Crippen LogP contribution is 2.29. The number of β-amino-alcohol motifs (C(OH)–C–C–N with tert-alkyl or cyclic N) is 1. The number of hydrogen-bond donors (Lipinski definition) is 2. The Kier molecular flexibility index (Phi) is 7.59. The van der Waals surface area contributed by atoms with Crippen molar-refractivity contribution in [3.05, 3.63) is 23.8 Å². The largest absolute Gasteiger partial charge is 0.493 e. The molecule has 26 heavy (non-hydrogen) atoms. The van der Waals surface area contributed by atoms with Gasteiger partial charge < -0.3 is 24.8 Å². The van der Waals surface area contributed by atoms with Gasteiger partial charge in [-0.25, -0.2) is 0 Å². The second kappa shape index (κ2) is 10.1. The minimum atomic E-state index is -0.479. The number of ether oxygens (including phenoxy) is 2. The molecule has 0 bridgehead atoms. The van der Waals surface area contributed by atoms with E-state index in [2.05, 4.69) is 16.3 Å². The highest BCUT2D eigenvalue weighted by Gasteiger charge is 2.20. The van der Waals surface area contributed by atoms with Crippen LogP contribution >= 0.6 is 0 Å². The van der Waals surface area contributed by atoms with Gasteiger partial charge >= 0.3 is 0 Å². The van der Waals surface area contributed by atoms with Crippen molar-refractivity contribution in [2.45, 2.75) is 63.6 Å². The summed E-state index contributed by atoms with van der Waals surface area (Å²) < 4.78 is 11.3. The molecule has 1 aliphatic heterocycles. The quantitative estimate of drug-likeness (QED) is 0.707. The number of aliphatic hydroxyl groups excluding tert-OH is 1. The van der Waals surface area contributed by atoms with E-state index >= 15 is 0 Å². The van der Waals surface area contributed by atoms with Gasteiger partial charge in [-0.2, -0.15) is 0 Å². The van der Waals surface area contributed by atoms with Gasteiger partial charge in [-0.05, 0) is 56.5 Å². The summed E-state index contributed by atoms with van der Waals surface area (Å²) in [5.74, 6) is 1.44. The number of rotatable bonds is 9. The van der Waals surface area contributed by atoms with Crippen LogP contribution in [0.5, 0.6) is 11.5 Å². The highest BCUT2D eigenvalue weighted by atomic mass is 16.5. The van der Waals surface area contributed by atoms with E-state index in [4.69, 9.17) is 9.47 Å². The normalized spacial score (nSPS) is 20.2. The van der Waals surface area contributed by atoms with Crippen molar-refractivity contribution in [2.24, 2.45) is 0 Å². The van der Waals surface area contributed by atoms with Crippen molar-refractivity contribution in [1.82, 2.24) is 10.2 Å². The molecule has 0 radical (unpaired) electrons. The molecule has 2 aliphatic rings. The lowest BCUT2D eigenvalue weighted by atomic mass is 10.1. The summed E-state index contributed by atoms with van der Waals surface area (Å²) in [5, 5.41) is 13.9. The average molecular weight is 363 g/mol. The fourth-order valence-electron chi connectivity index (χ4n) is 3.53. The molecule has 1 saturated heterocycles. The second-order valence-electron chi connectivity index (χ2n) is 7.67. The number of benzene rings is 1. The zero-order chi connectivity index (χ0) is 18.2. The lowest BCUT2D eigenvalue weighted by molar-refractivity contribution is 0.0644. The van der Waals surface area contributed by atoms with Crippen LogP contribution in [0.2, 0.25) is 0 Å². The molecular weight excluding hydrogens is 328 g/mol. The predicted molar refractivity (Wildman–Crippen MR) is 104 cm³/mol. The third-order valence-electron chi connectivity index (χ3n) is 5.25. The summed E-state index contributed by atoms with van der Waals surface area (Å²) in [6.45, 7) is 4.00. The van der Waals surface area contributed by atoms with Gasteiger partial charge in [0.2, 0.25) is 0 Å². The van der Waals surface area contributed by atoms with Crippen LogP contribution in [-0.4, -0.2) is 55.5 Å². The lowest BCUT2D eigenvalue weighted by Crippen LogP contribution is -2.37. The summed E-state index contributed by atoms with van der Waals surface area (Å²) in [6.07, 6.45) is 8.52. The van der Waals surface area contributed by atoms with Crippen LogP contribution in [0.3, 0.4) is 0 Å². The van der Waals surface area contributed by atoms with Crippen LogP contribution in [0.4, 0.5) is 0 Å². The second-order valence-corrected chi connectivity index (χ2v) is 7.67. The minimum Gasteiger partial charge on any atom is -0.493 e. The van der Waals surface area contributed by atoms with Crippen LogP contribution < -0.4 is 14.8 Å². The van der Waals surface area contributed by atoms with Crippen molar-refractivity contribution in [2.75, 3.05) is 33.4 Å². The lowest BCUT2D eigenvalue weighted by Gasteiger charge is -2.26. The molecule has 3 rings (SSSR count). The van der Waals surface area contributed by atoms with Gasteiger partial charge in [0.15, 0.2) is 11.5 Å². The topological polar surface area (TPSA) is 54.0 Å². The van der Waals surface area contributed by atoms with Gasteiger partial charge in [-0.3, -0.25) is 0 Å². The Morgan fingerprint density at radius 2 is 1.85 bits per heavy atom. The molecule has 1 heterocycles. The van der Waals surface area contributed by atoms with Crippen LogP contribution in [0.25, 0.3) is 0 Å². The van der Waals surface area contributed by atoms with Gasteiger partial charge in [0, 0.05) is 19.1 Å². The van der Waals surface area contributed by atoms with E-state index in [-0.39, 0.29) is 0 Å². The third-order valence-corrected chi connectivity index (χ3v) is 5.25. The van der Waals surface area contributed by atoms with Gasteiger partial charge in [0.25, 0.3) is 0 Å². The van der Waals surface area contributed by atoms with Gasteiger partial charge in [-0.1, -0.05) is 25.3 Å². The van der Waals surface area contributed by atoms with Gasteiger partial charge in [0.05, 0.1) is 7.11 Å². The summed E-state index contributed by atoms with van der Waals surface area (Å²) >= 11 is 0. The van der Waals surface area contributed by atoms with E-state index < -0.39 is 6.10 Å². The van der Waals surface area contributed by atoms with Crippen molar-refractivity contribution in [3.63, 3.8) is 0 Å². The first-order chi connectivity index (χ1) is 12.7. The van der Waals surface area contributed by atoms with Crippen molar-refractivity contribution in [1.29, 1.82) is 0 Å². The molecule has 1 atom stereocenters. The zero-order valence-electron chi connectivity index (χ0n) is 16.1. The molecule has 5 nitrogen and oxygen atoms in total. The molecule has 1 aromatic carbocycles. The monoisotopic (exact) mass is 362 g/mol. The SMILES string of the molecule is COc1ccc(CNC2CC2)cc1OC[C@@H](O)CN1CCCCCCC1. The van der Waals surface area contributed by atoms with Crippen LogP contribution in [0.15, 0.2) is 18.2 Å². The number of aliphatic hydroxyl groups is 1. The van der Waals surface area contributed by atoms with E-state index in [1.54, 1.807) is 7.11 Å². The fraction of sp³-hybridized carbons (Fsp3) is 0.714. The van der Waals surface area contributed by atoms with Crippen molar-refractivity contribution >= 4 is 0 Å². The average Bonchev–Trinajstić information content (AvgIpc) is 3.45.